The number of phenolic OH excluding ortho intramolecular Hbond substituents is 2. The number of aryl methyl sites for hydroxylation is 2. The van der Waals surface area contributed by atoms with Gasteiger partial charge in [-0.05, 0) is 37.1 Å². The molecule has 0 bridgehead atoms. The number of aromatic hydroxyl groups is 2. The number of phenols is 2. The maximum absolute atomic E-state index is 12.6. The van der Waals surface area contributed by atoms with Crippen molar-refractivity contribution in [3.63, 3.8) is 0 Å². The van der Waals surface area contributed by atoms with E-state index < -0.39 is 9.84 Å². The number of rotatable bonds is 2. The third-order valence-corrected chi connectivity index (χ3v) is 5.00. The zero-order valence-electron chi connectivity index (χ0n) is 10.6. The molecule has 2 N–H and O–H groups in total. The highest BCUT2D eigenvalue weighted by Gasteiger charge is 2.25. The number of sulfone groups is 1. The Morgan fingerprint density at radius 2 is 1.53 bits per heavy atom. The standard InChI is InChI=1S/C14H14O4S/c1-9-4-3-5-10(2)14(9)19(17,18)13-8-11(15)6-7-12(13)16/h3-8,15-16H,1-2H3. The average Bonchev–Trinajstić information content (AvgIpc) is 2.31. The van der Waals surface area contributed by atoms with Gasteiger partial charge in [0.1, 0.15) is 16.4 Å². The van der Waals surface area contributed by atoms with Gasteiger partial charge < -0.3 is 10.2 Å². The van der Waals surface area contributed by atoms with Crippen molar-refractivity contribution in [2.24, 2.45) is 0 Å². The second-order valence-corrected chi connectivity index (χ2v) is 6.23. The first-order valence-electron chi connectivity index (χ1n) is 5.67. The van der Waals surface area contributed by atoms with Crippen molar-refractivity contribution in [3.8, 4) is 11.5 Å². The summed E-state index contributed by atoms with van der Waals surface area (Å²) in [6.07, 6.45) is 0. The van der Waals surface area contributed by atoms with Crippen molar-refractivity contribution >= 4 is 9.84 Å². The summed E-state index contributed by atoms with van der Waals surface area (Å²) in [5.41, 5.74) is 1.20. The van der Waals surface area contributed by atoms with E-state index in [4.69, 9.17) is 0 Å². The molecule has 0 unspecified atom stereocenters. The molecule has 0 spiro atoms. The van der Waals surface area contributed by atoms with E-state index in [1.165, 1.54) is 6.07 Å². The topological polar surface area (TPSA) is 74.6 Å². The van der Waals surface area contributed by atoms with E-state index in [0.717, 1.165) is 12.1 Å². The summed E-state index contributed by atoms with van der Waals surface area (Å²) < 4.78 is 25.2. The Labute approximate surface area is 111 Å². The molecular formula is C14H14O4S. The largest absolute Gasteiger partial charge is 0.508 e. The van der Waals surface area contributed by atoms with Crippen molar-refractivity contribution in [3.05, 3.63) is 47.5 Å². The minimum Gasteiger partial charge on any atom is -0.508 e. The lowest BCUT2D eigenvalue weighted by atomic mass is 10.2. The van der Waals surface area contributed by atoms with Gasteiger partial charge in [0, 0.05) is 6.07 Å². The summed E-state index contributed by atoms with van der Waals surface area (Å²) >= 11 is 0. The predicted molar refractivity (Wildman–Crippen MR) is 71.1 cm³/mol. The molecule has 0 aliphatic rings. The van der Waals surface area contributed by atoms with Crippen LogP contribution in [0, 0.1) is 13.8 Å². The number of benzene rings is 2. The SMILES string of the molecule is Cc1cccc(C)c1S(=O)(=O)c1cc(O)ccc1O. The molecule has 2 aromatic carbocycles. The van der Waals surface area contributed by atoms with Crippen LogP contribution in [0.3, 0.4) is 0 Å². The summed E-state index contributed by atoms with van der Waals surface area (Å²) in [5.74, 6) is -0.580. The molecule has 2 aromatic rings. The predicted octanol–water partition coefficient (Wildman–Crippen LogP) is 2.55. The Balaban J connectivity index is 2.77. The average molecular weight is 278 g/mol. The van der Waals surface area contributed by atoms with Crippen LogP contribution in [0.25, 0.3) is 0 Å². The molecule has 0 saturated carbocycles. The maximum atomic E-state index is 12.6. The molecule has 0 atom stereocenters. The van der Waals surface area contributed by atoms with Crippen LogP contribution in [0.4, 0.5) is 0 Å². The Morgan fingerprint density at radius 3 is 2.11 bits per heavy atom. The van der Waals surface area contributed by atoms with Crippen molar-refractivity contribution in [1.82, 2.24) is 0 Å². The fourth-order valence-corrected chi connectivity index (χ4v) is 3.87. The van der Waals surface area contributed by atoms with Crippen molar-refractivity contribution < 1.29 is 18.6 Å². The Morgan fingerprint density at radius 1 is 0.947 bits per heavy atom. The normalized spacial score (nSPS) is 11.5. The molecule has 19 heavy (non-hydrogen) atoms. The Bertz CT molecular complexity index is 713. The molecule has 4 nitrogen and oxygen atoms in total. The van der Waals surface area contributed by atoms with Crippen LogP contribution < -0.4 is 0 Å². The third kappa shape index (κ3) is 2.29. The van der Waals surface area contributed by atoms with Gasteiger partial charge in [-0.3, -0.25) is 0 Å². The highest BCUT2D eigenvalue weighted by Crippen LogP contribution is 2.34. The van der Waals surface area contributed by atoms with Crippen LogP contribution in [-0.2, 0) is 9.84 Å². The molecule has 0 heterocycles. The minimum absolute atomic E-state index is 0.163. The van der Waals surface area contributed by atoms with Crippen LogP contribution in [0.2, 0.25) is 0 Å². The lowest BCUT2D eigenvalue weighted by Gasteiger charge is -2.12. The first-order chi connectivity index (χ1) is 8.84. The molecule has 0 fully saturated rings. The molecule has 0 amide bonds. The zero-order chi connectivity index (χ0) is 14.2. The summed E-state index contributed by atoms with van der Waals surface area (Å²) in [6.45, 7) is 3.39. The Kier molecular flexibility index (Phi) is 3.24. The van der Waals surface area contributed by atoms with E-state index >= 15 is 0 Å². The zero-order valence-corrected chi connectivity index (χ0v) is 11.4. The van der Waals surface area contributed by atoms with Gasteiger partial charge in [-0.2, -0.15) is 0 Å². The first kappa shape index (κ1) is 13.4. The summed E-state index contributed by atoms with van der Waals surface area (Å²) in [6, 6.07) is 8.61. The van der Waals surface area contributed by atoms with E-state index in [0.29, 0.717) is 11.1 Å². The molecule has 0 aliphatic carbocycles. The lowest BCUT2D eigenvalue weighted by Crippen LogP contribution is -2.06. The molecule has 5 heteroatoms. The molecule has 2 rings (SSSR count). The van der Waals surface area contributed by atoms with Gasteiger partial charge in [-0.1, -0.05) is 18.2 Å². The molecular weight excluding hydrogens is 264 g/mol. The second kappa shape index (κ2) is 4.59. The van der Waals surface area contributed by atoms with Crippen LogP contribution in [0.1, 0.15) is 11.1 Å². The van der Waals surface area contributed by atoms with Crippen LogP contribution in [-0.4, -0.2) is 18.6 Å². The summed E-state index contributed by atoms with van der Waals surface area (Å²) in [4.78, 5) is -0.124. The third-order valence-electron chi connectivity index (χ3n) is 2.91. The van der Waals surface area contributed by atoms with Gasteiger partial charge in [-0.15, -0.1) is 0 Å². The molecule has 0 radical (unpaired) electrons. The highest BCUT2D eigenvalue weighted by molar-refractivity contribution is 7.91. The fourth-order valence-electron chi connectivity index (χ4n) is 2.05. The van der Waals surface area contributed by atoms with E-state index in [2.05, 4.69) is 0 Å². The van der Waals surface area contributed by atoms with Gasteiger partial charge in [0.05, 0.1) is 4.90 Å². The molecule has 0 saturated heterocycles. The van der Waals surface area contributed by atoms with Crippen molar-refractivity contribution in [2.75, 3.05) is 0 Å². The minimum atomic E-state index is -3.86. The van der Waals surface area contributed by atoms with Crippen molar-refractivity contribution in [1.29, 1.82) is 0 Å². The van der Waals surface area contributed by atoms with E-state index in [9.17, 15) is 18.6 Å². The van der Waals surface area contributed by atoms with Gasteiger partial charge in [0.15, 0.2) is 0 Å². The van der Waals surface area contributed by atoms with Gasteiger partial charge >= 0.3 is 0 Å². The summed E-state index contributed by atoms with van der Waals surface area (Å²) in [5, 5.41) is 19.1. The fraction of sp³-hybridized carbons (Fsp3) is 0.143. The molecule has 0 aromatic heterocycles. The van der Waals surface area contributed by atoms with E-state index in [1.807, 2.05) is 0 Å². The Hall–Kier alpha value is -2.01. The highest BCUT2D eigenvalue weighted by atomic mass is 32.2. The van der Waals surface area contributed by atoms with E-state index in [1.54, 1.807) is 32.0 Å². The van der Waals surface area contributed by atoms with Gasteiger partial charge in [0.2, 0.25) is 9.84 Å². The van der Waals surface area contributed by atoms with Gasteiger partial charge in [-0.25, -0.2) is 8.42 Å². The quantitative estimate of drug-likeness (QED) is 0.828. The van der Waals surface area contributed by atoms with E-state index in [-0.39, 0.29) is 21.3 Å². The lowest BCUT2D eigenvalue weighted by molar-refractivity contribution is 0.445. The van der Waals surface area contributed by atoms with Crippen LogP contribution in [0.15, 0.2) is 46.2 Å². The number of hydrogen-bond acceptors (Lipinski definition) is 4. The van der Waals surface area contributed by atoms with Crippen molar-refractivity contribution in [2.45, 2.75) is 23.6 Å². The monoisotopic (exact) mass is 278 g/mol. The summed E-state index contributed by atoms with van der Waals surface area (Å²) in [7, 11) is -3.86. The smallest absolute Gasteiger partial charge is 0.210 e. The second-order valence-electron chi connectivity index (χ2n) is 4.38. The maximum Gasteiger partial charge on any atom is 0.210 e. The van der Waals surface area contributed by atoms with Gasteiger partial charge in [0.25, 0.3) is 0 Å². The van der Waals surface area contributed by atoms with Crippen LogP contribution >= 0.6 is 0 Å². The molecule has 0 aliphatic heterocycles. The van der Waals surface area contributed by atoms with Crippen LogP contribution in [0.5, 0.6) is 11.5 Å². The first-order valence-corrected chi connectivity index (χ1v) is 7.15. The number of hydrogen-bond donors (Lipinski definition) is 2. The molecule has 100 valence electrons.